The van der Waals surface area contributed by atoms with E-state index in [2.05, 4.69) is 0 Å². The standard InChI is InChI=1S/C22H28N4O5/c1-13(18(27)17-20(23)24(2)22(30)25(3)21(17)29)26-11-9-15(10-12-26)19(28)14-5-7-16(31-4)8-6-14/h5-8,13,15H,9-12,23H2,1-4H3. The van der Waals surface area contributed by atoms with E-state index >= 15 is 0 Å². The number of hydrogen-bond donors (Lipinski definition) is 1. The number of Topliss-reactive ketones (excluding diaryl/α,β-unsaturated/α-hetero) is 2. The quantitative estimate of drug-likeness (QED) is 0.678. The molecule has 0 saturated carbocycles. The van der Waals surface area contributed by atoms with E-state index in [0.717, 1.165) is 9.13 Å². The molecule has 31 heavy (non-hydrogen) atoms. The van der Waals surface area contributed by atoms with Crippen LogP contribution in [0.4, 0.5) is 5.82 Å². The van der Waals surface area contributed by atoms with Crippen LogP contribution in [-0.4, -0.2) is 51.8 Å². The van der Waals surface area contributed by atoms with E-state index in [1.165, 1.54) is 14.1 Å². The fourth-order valence-corrected chi connectivity index (χ4v) is 4.01. The van der Waals surface area contributed by atoms with E-state index in [1.807, 2.05) is 4.90 Å². The van der Waals surface area contributed by atoms with E-state index in [1.54, 1.807) is 38.3 Å². The van der Waals surface area contributed by atoms with Crippen LogP contribution in [0.5, 0.6) is 5.75 Å². The first kappa shape index (κ1) is 22.5. The predicted molar refractivity (Wildman–Crippen MR) is 117 cm³/mol. The van der Waals surface area contributed by atoms with Crippen molar-refractivity contribution in [3.8, 4) is 5.75 Å². The number of nitrogen functional groups attached to an aromatic ring is 1. The number of benzene rings is 1. The normalized spacial score (nSPS) is 16.1. The molecular formula is C22H28N4O5. The number of likely N-dealkylation sites (tertiary alicyclic amines) is 1. The highest BCUT2D eigenvalue weighted by molar-refractivity contribution is 6.03. The number of carbonyl (C=O) groups is 2. The Morgan fingerprint density at radius 3 is 2.19 bits per heavy atom. The Morgan fingerprint density at radius 2 is 1.65 bits per heavy atom. The molecule has 0 radical (unpaired) electrons. The van der Waals surface area contributed by atoms with Crippen molar-refractivity contribution < 1.29 is 14.3 Å². The average Bonchev–Trinajstić information content (AvgIpc) is 2.80. The molecule has 0 aliphatic carbocycles. The number of aromatic nitrogens is 2. The van der Waals surface area contributed by atoms with E-state index < -0.39 is 23.1 Å². The molecule has 1 aliphatic rings. The fraction of sp³-hybridized carbons (Fsp3) is 0.455. The molecule has 1 aromatic carbocycles. The molecule has 1 atom stereocenters. The maximum absolute atomic E-state index is 13.1. The van der Waals surface area contributed by atoms with Gasteiger partial charge in [0.1, 0.15) is 17.1 Å². The van der Waals surface area contributed by atoms with Crippen molar-refractivity contribution in [2.24, 2.45) is 20.0 Å². The number of anilines is 1. The van der Waals surface area contributed by atoms with Gasteiger partial charge in [0.25, 0.3) is 5.56 Å². The van der Waals surface area contributed by atoms with Gasteiger partial charge in [0, 0.05) is 25.6 Å². The lowest BCUT2D eigenvalue weighted by molar-refractivity contribution is 0.0712. The topological polar surface area (TPSA) is 117 Å². The number of ketones is 2. The molecule has 1 aromatic heterocycles. The molecule has 9 heteroatoms. The summed E-state index contributed by atoms with van der Waals surface area (Å²) in [6, 6.07) is 6.46. The molecule has 9 nitrogen and oxygen atoms in total. The monoisotopic (exact) mass is 428 g/mol. The van der Waals surface area contributed by atoms with Crippen molar-refractivity contribution in [2.45, 2.75) is 25.8 Å². The SMILES string of the molecule is COc1ccc(C(=O)C2CCN(C(C)C(=O)c3c(N)n(C)c(=O)n(C)c3=O)CC2)cc1. The van der Waals surface area contributed by atoms with Crippen LogP contribution in [0, 0.1) is 5.92 Å². The summed E-state index contributed by atoms with van der Waals surface area (Å²) in [6.07, 6.45) is 1.23. The van der Waals surface area contributed by atoms with Crippen molar-refractivity contribution in [1.82, 2.24) is 14.0 Å². The van der Waals surface area contributed by atoms with Gasteiger partial charge in [0.15, 0.2) is 11.6 Å². The third-order valence-electron chi connectivity index (χ3n) is 6.16. The Hall–Kier alpha value is -3.20. The van der Waals surface area contributed by atoms with E-state index in [-0.39, 0.29) is 23.1 Å². The Morgan fingerprint density at radius 1 is 1.06 bits per heavy atom. The summed E-state index contributed by atoms with van der Waals surface area (Å²) in [6.45, 7) is 2.81. The first-order valence-electron chi connectivity index (χ1n) is 10.2. The molecule has 2 heterocycles. The number of piperidine rings is 1. The minimum Gasteiger partial charge on any atom is -0.497 e. The number of rotatable bonds is 6. The summed E-state index contributed by atoms with van der Waals surface area (Å²) in [4.78, 5) is 52.3. The molecule has 1 fully saturated rings. The predicted octanol–water partition coefficient (Wildman–Crippen LogP) is 0.841. The summed E-state index contributed by atoms with van der Waals surface area (Å²) in [7, 11) is 4.32. The van der Waals surface area contributed by atoms with Crippen LogP contribution in [0.1, 0.15) is 40.5 Å². The molecule has 1 aliphatic heterocycles. The second-order valence-electron chi connectivity index (χ2n) is 7.91. The van der Waals surface area contributed by atoms with Crippen LogP contribution < -0.4 is 21.7 Å². The van der Waals surface area contributed by atoms with Gasteiger partial charge in [0.2, 0.25) is 0 Å². The summed E-state index contributed by atoms with van der Waals surface area (Å²) in [5.74, 6) is 0.102. The van der Waals surface area contributed by atoms with E-state index in [0.29, 0.717) is 37.2 Å². The third-order valence-corrected chi connectivity index (χ3v) is 6.16. The molecule has 3 rings (SSSR count). The Balaban J connectivity index is 1.71. The summed E-state index contributed by atoms with van der Waals surface area (Å²) in [5, 5.41) is 0. The summed E-state index contributed by atoms with van der Waals surface area (Å²) in [5.41, 5.74) is 5.12. The van der Waals surface area contributed by atoms with Crippen molar-refractivity contribution in [1.29, 1.82) is 0 Å². The summed E-state index contributed by atoms with van der Waals surface area (Å²) >= 11 is 0. The highest BCUT2D eigenvalue weighted by atomic mass is 16.5. The molecule has 2 N–H and O–H groups in total. The van der Waals surface area contributed by atoms with Crippen molar-refractivity contribution in [3.05, 3.63) is 56.2 Å². The second-order valence-corrected chi connectivity index (χ2v) is 7.91. The Labute approximate surface area is 180 Å². The number of hydrogen-bond acceptors (Lipinski definition) is 7. The summed E-state index contributed by atoms with van der Waals surface area (Å²) < 4.78 is 7.11. The first-order valence-corrected chi connectivity index (χ1v) is 10.2. The molecule has 0 bridgehead atoms. The van der Waals surface area contributed by atoms with Gasteiger partial charge in [-0.15, -0.1) is 0 Å². The zero-order chi connectivity index (χ0) is 22.9. The van der Waals surface area contributed by atoms with Gasteiger partial charge in [-0.2, -0.15) is 0 Å². The van der Waals surface area contributed by atoms with Gasteiger partial charge < -0.3 is 10.5 Å². The van der Waals surface area contributed by atoms with Gasteiger partial charge in [0.05, 0.1) is 13.2 Å². The second kappa shape index (κ2) is 8.89. The van der Waals surface area contributed by atoms with Gasteiger partial charge in [-0.3, -0.25) is 28.4 Å². The largest absolute Gasteiger partial charge is 0.497 e. The zero-order valence-electron chi connectivity index (χ0n) is 18.3. The van der Waals surface area contributed by atoms with Crippen molar-refractivity contribution in [2.75, 3.05) is 25.9 Å². The molecule has 0 spiro atoms. The average molecular weight is 428 g/mol. The minimum atomic E-state index is -0.693. The van der Waals surface area contributed by atoms with Crippen LogP contribution in [0.3, 0.4) is 0 Å². The Bertz CT molecular complexity index is 1110. The van der Waals surface area contributed by atoms with Gasteiger partial charge >= 0.3 is 5.69 Å². The maximum atomic E-state index is 13.1. The number of nitrogens with zero attached hydrogens (tertiary/aromatic N) is 3. The lowest BCUT2D eigenvalue weighted by atomic mass is 9.88. The van der Waals surface area contributed by atoms with E-state index in [4.69, 9.17) is 10.5 Å². The minimum absolute atomic E-state index is 0.0810. The highest BCUT2D eigenvalue weighted by Gasteiger charge is 2.33. The number of ether oxygens (including phenoxy) is 1. The lowest BCUT2D eigenvalue weighted by Gasteiger charge is -2.35. The van der Waals surface area contributed by atoms with Crippen molar-refractivity contribution >= 4 is 17.4 Å². The van der Waals surface area contributed by atoms with Gasteiger partial charge in [-0.1, -0.05) is 0 Å². The van der Waals surface area contributed by atoms with Crippen LogP contribution in [-0.2, 0) is 14.1 Å². The molecule has 0 amide bonds. The molecule has 2 aromatic rings. The molecule has 1 saturated heterocycles. The van der Waals surface area contributed by atoms with Crippen LogP contribution in [0.2, 0.25) is 0 Å². The number of nitrogens with two attached hydrogens (primary N) is 1. The fourth-order valence-electron chi connectivity index (χ4n) is 4.01. The number of methoxy groups -OCH3 is 1. The highest BCUT2D eigenvalue weighted by Crippen LogP contribution is 2.25. The lowest BCUT2D eigenvalue weighted by Crippen LogP contribution is -2.48. The van der Waals surface area contributed by atoms with Crippen LogP contribution in [0.15, 0.2) is 33.9 Å². The van der Waals surface area contributed by atoms with Crippen LogP contribution in [0.25, 0.3) is 0 Å². The molecular weight excluding hydrogens is 400 g/mol. The third kappa shape index (κ3) is 4.18. The first-order chi connectivity index (χ1) is 14.7. The van der Waals surface area contributed by atoms with Crippen molar-refractivity contribution in [3.63, 3.8) is 0 Å². The zero-order valence-corrected chi connectivity index (χ0v) is 18.3. The number of carbonyl (C=O) groups excluding carboxylic acids is 2. The maximum Gasteiger partial charge on any atom is 0.332 e. The molecule has 166 valence electrons. The smallest absolute Gasteiger partial charge is 0.332 e. The van der Waals surface area contributed by atoms with Crippen LogP contribution >= 0.6 is 0 Å². The van der Waals surface area contributed by atoms with E-state index in [9.17, 15) is 19.2 Å². The van der Waals surface area contributed by atoms with Gasteiger partial charge in [-0.05, 0) is 57.1 Å². The molecule has 1 unspecified atom stereocenters. The van der Waals surface area contributed by atoms with Gasteiger partial charge in [-0.25, -0.2) is 4.79 Å². The Kier molecular flexibility index (Phi) is 6.45.